The first kappa shape index (κ1) is 12.8. The molecule has 0 bridgehead atoms. The van der Waals surface area contributed by atoms with Crippen LogP contribution in [0, 0.1) is 6.92 Å². The largest absolute Gasteiger partial charge is 0.381 e. The minimum absolute atomic E-state index is 0.933. The van der Waals surface area contributed by atoms with Gasteiger partial charge in [-0.2, -0.15) is 0 Å². The van der Waals surface area contributed by atoms with E-state index in [4.69, 9.17) is 0 Å². The van der Waals surface area contributed by atoms with Gasteiger partial charge in [0.25, 0.3) is 0 Å². The van der Waals surface area contributed by atoms with Crippen LogP contribution in [0.15, 0.2) is 48.5 Å². The average Bonchev–Trinajstić information content (AvgIpc) is 2.39. The van der Waals surface area contributed by atoms with Gasteiger partial charge in [0, 0.05) is 0 Å². The van der Waals surface area contributed by atoms with E-state index in [9.17, 15) is 5.11 Å². The molecule has 0 saturated carbocycles. The summed E-state index contributed by atoms with van der Waals surface area (Å²) < 4.78 is 0. The van der Waals surface area contributed by atoms with Gasteiger partial charge in [0.15, 0.2) is 0 Å². The average molecular weight is 240 g/mol. The van der Waals surface area contributed by atoms with Crippen molar-refractivity contribution < 1.29 is 5.11 Å². The van der Waals surface area contributed by atoms with E-state index in [0.29, 0.717) is 0 Å². The minimum atomic E-state index is -0.933. The van der Waals surface area contributed by atoms with Crippen LogP contribution in [-0.4, -0.2) is 5.11 Å². The van der Waals surface area contributed by atoms with Crippen LogP contribution in [0.4, 0.5) is 0 Å². The Bertz CT molecular complexity index is 541. The summed E-state index contributed by atoms with van der Waals surface area (Å²) in [5.74, 6) is 0. The zero-order valence-electron chi connectivity index (χ0n) is 11.3. The number of rotatable bonds is 3. The first-order valence-electron chi connectivity index (χ1n) is 6.43. The van der Waals surface area contributed by atoms with Crippen molar-refractivity contribution in [3.63, 3.8) is 0 Å². The van der Waals surface area contributed by atoms with Gasteiger partial charge in [0.2, 0.25) is 0 Å². The summed E-state index contributed by atoms with van der Waals surface area (Å²) in [5.41, 5.74) is 3.38. The number of hydrogen-bond donors (Lipinski definition) is 1. The first-order valence-corrected chi connectivity index (χ1v) is 6.43. The lowest BCUT2D eigenvalue weighted by molar-refractivity contribution is 0.102. The van der Waals surface area contributed by atoms with Crippen LogP contribution in [-0.2, 0) is 12.0 Å². The second-order valence-electron chi connectivity index (χ2n) is 5.00. The molecular formula is C17H20O. The molecule has 0 saturated heterocycles. The van der Waals surface area contributed by atoms with E-state index >= 15 is 0 Å². The summed E-state index contributed by atoms with van der Waals surface area (Å²) in [6, 6.07) is 16.2. The molecule has 18 heavy (non-hydrogen) atoms. The molecule has 0 aromatic heterocycles. The van der Waals surface area contributed by atoms with Crippen molar-refractivity contribution in [1.29, 1.82) is 0 Å². The van der Waals surface area contributed by atoms with Crippen LogP contribution >= 0.6 is 0 Å². The smallest absolute Gasteiger partial charge is 0.112 e. The van der Waals surface area contributed by atoms with Crippen molar-refractivity contribution in [2.75, 3.05) is 0 Å². The van der Waals surface area contributed by atoms with Gasteiger partial charge in [-0.05, 0) is 37.0 Å². The molecule has 2 aromatic carbocycles. The summed E-state index contributed by atoms with van der Waals surface area (Å²) in [6.07, 6.45) is 0.984. The number of benzene rings is 2. The van der Waals surface area contributed by atoms with E-state index < -0.39 is 5.60 Å². The molecule has 94 valence electrons. The van der Waals surface area contributed by atoms with Crippen LogP contribution in [0.3, 0.4) is 0 Å². The zero-order valence-corrected chi connectivity index (χ0v) is 11.3. The maximum absolute atomic E-state index is 10.8. The SMILES string of the molecule is CCc1cccc(C(C)(O)c2cccc(C)c2)c1. The summed E-state index contributed by atoms with van der Waals surface area (Å²) in [4.78, 5) is 0. The van der Waals surface area contributed by atoms with Crippen molar-refractivity contribution >= 4 is 0 Å². The second kappa shape index (κ2) is 4.95. The molecule has 0 aliphatic heterocycles. The summed E-state index contributed by atoms with van der Waals surface area (Å²) in [7, 11) is 0. The lowest BCUT2D eigenvalue weighted by Gasteiger charge is -2.25. The quantitative estimate of drug-likeness (QED) is 0.865. The number of hydrogen-bond acceptors (Lipinski definition) is 1. The number of aliphatic hydroxyl groups is 1. The lowest BCUT2D eigenvalue weighted by Crippen LogP contribution is -2.23. The van der Waals surface area contributed by atoms with Crippen molar-refractivity contribution in [2.45, 2.75) is 32.8 Å². The molecule has 0 radical (unpaired) electrons. The van der Waals surface area contributed by atoms with Gasteiger partial charge in [-0.15, -0.1) is 0 Å². The molecule has 2 rings (SSSR count). The summed E-state index contributed by atoms with van der Waals surface area (Å²) >= 11 is 0. The molecule has 0 spiro atoms. The lowest BCUT2D eigenvalue weighted by atomic mass is 9.86. The molecule has 0 aliphatic carbocycles. The van der Waals surface area contributed by atoms with E-state index in [0.717, 1.165) is 17.5 Å². The fourth-order valence-corrected chi connectivity index (χ4v) is 2.21. The molecule has 0 fully saturated rings. The third-order valence-electron chi connectivity index (χ3n) is 3.48. The molecule has 0 aliphatic rings. The highest BCUT2D eigenvalue weighted by Gasteiger charge is 2.25. The summed E-state index contributed by atoms with van der Waals surface area (Å²) in [5, 5.41) is 10.8. The molecule has 2 aromatic rings. The fourth-order valence-electron chi connectivity index (χ4n) is 2.21. The van der Waals surface area contributed by atoms with E-state index in [2.05, 4.69) is 19.1 Å². The Balaban J connectivity index is 2.46. The van der Waals surface area contributed by atoms with Crippen molar-refractivity contribution in [3.8, 4) is 0 Å². The first-order chi connectivity index (χ1) is 8.54. The monoisotopic (exact) mass is 240 g/mol. The molecule has 0 amide bonds. The normalized spacial score (nSPS) is 14.2. The standard InChI is InChI=1S/C17H20O/c1-4-14-8-6-10-16(12-14)17(3,18)15-9-5-7-13(2)11-15/h5-12,18H,4H2,1-3H3. The van der Waals surface area contributed by atoms with E-state index in [-0.39, 0.29) is 0 Å². The molecule has 1 atom stereocenters. The van der Waals surface area contributed by atoms with Crippen LogP contribution in [0.5, 0.6) is 0 Å². The van der Waals surface area contributed by atoms with Crippen molar-refractivity contribution in [3.05, 3.63) is 70.8 Å². The Kier molecular flexibility index (Phi) is 3.53. The third-order valence-corrected chi connectivity index (χ3v) is 3.48. The fraction of sp³-hybridized carbons (Fsp3) is 0.294. The Hall–Kier alpha value is -1.60. The van der Waals surface area contributed by atoms with E-state index in [1.54, 1.807) is 0 Å². The van der Waals surface area contributed by atoms with Gasteiger partial charge in [0.1, 0.15) is 5.60 Å². The van der Waals surface area contributed by atoms with E-state index in [1.165, 1.54) is 11.1 Å². The summed E-state index contributed by atoms with van der Waals surface area (Å²) in [6.45, 7) is 6.03. The van der Waals surface area contributed by atoms with Gasteiger partial charge in [-0.3, -0.25) is 0 Å². The predicted octanol–water partition coefficient (Wildman–Crippen LogP) is 3.81. The molecular weight excluding hydrogens is 220 g/mol. The van der Waals surface area contributed by atoms with Gasteiger partial charge in [-0.25, -0.2) is 0 Å². The highest BCUT2D eigenvalue weighted by molar-refractivity contribution is 5.38. The van der Waals surface area contributed by atoms with E-state index in [1.807, 2.05) is 50.2 Å². The maximum Gasteiger partial charge on any atom is 0.112 e. The van der Waals surface area contributed by atoms with Gasteiger partial charge < -0.3 is 5.11 Å². The third kappa shape index (κ3) is 2.46. The highest BCUT2D eigenvalue weighted by atomic mass is 16.3. The zero-order chi connectivity index (χ0) is 13.2. The molecule has 1 unspecified atom stereocenters. The Labute approximate surface area is 109 Å². The van der Waals surface area contributed by atoms with Gasteiger partial charge >= 0.3 is 0 Å². The minimum Gasteiger partial charge on any atom is -0.381 e. The Morgan fingerprint density at radius 2 is 1.61 bits per heavy atom. The van der Waals surface area contributed by atoms with Crippen LogP contribution in [0.2, 0.25) is 0 Å². The van der Waals surface area contributed by atoms with Gasteiger partial charge in [0.05, 0.1) is 0 Å². The number of aryl methyl sites for hydroxylation is 2. The molecule has 0 heterocycles. The second-order valence-corrected chi connectivity index (χ2v) is 5.00. The van der Waals surface area contributed by atoms with Gasteiger partial charge in [-0.1, -0.05) is 61.0 Å². The highest BCUT2D eigenvalue weighted by Crippen LogP contribution is 2.30. The maximum atomic E-state index is 10.8. The van der Waals surface area contributed by atoms with Crippen molar-refractivity contribution in [2.24, 2.45) is 0 Å². The Morgan fingerprint density at radius 1 is 1.00 bits per heavy atom. The Morgan fingerprint density at radius 3 is 2.22 bits per heavy atom. The van der Waals surface area contributed by atoms with Crippen molar-refractivity contribution in [1.82, 2.24) is 0 Å². The van der Waals surface area contributed by atoms with Crippen LogP contribution < -0.4 is 0 Å². The molecule has 1 nitrogen and oxygen atoms in total. The van der Waals surface area contributed by atoms with Crippen LogP contribution in [0.1, 0.15) is 36.1 Å². The topological polar surface area (TPSA) is 20.2 Å². The van der Waals surface area contributed by atoms with Crippen LogP contribution in [0.25, 0.3) is 0 Å². The molecule has 1 N–H and O–H groups in total. The predicted molar refractivity (Wildman–Crippen MR) is 75.7 cm³/mol. The molecule has 1 heteroatoms.